The summed E-state index contributed by atoms with van der Waals surface area (Å²) >= 11 is 0. The Morgan fingerprint density at radius 3 is 2.88 bits per heavy atom. The van der Waals surface area contributed by atoms with Gasteiger partial charge in [0.05, 0.1) is 30.1 Å². The molecule has 0 saturated heterocycles. The SMILES string of the molecule is CN(C)CCNc1cc(C(=O)Nc2cc3cc(-c4cnc5n4CCNC5)cnc3cn2)ccn1. The Morgan fingerprint density at radius 1 is 1.09 bits per heavy atom. The van der Waals surface area contributed by atoms with E-state index in [1.54, 1.807) is 24.5 Å². The molecule has 0 radical (unpaired) electrons. The highest BCUT2D eigenvalue weighted by molar-refractivity contribution is 6.04. The van der Waals surface area contributed by atoms with Crippen LogP contribution in [0.2, 0.25) is 0 Å². The van der Waals surface area contributed by atoms with Crippen LogP contribution in [0.1, 0.15) is 16.2 Å². The van der Waals surface area contributed by atoms with Gasteiger partial charge in [0.1, 0.15) is 17.5 Å². The lowest BCUT2D eigenvalue weighted by Crippen LogP contribution is -2.28. The van der Waals surface area contributed by atoms with E-state index in [0.29, 0.717) is 17.2 Å². The number of likely N-dealkylation sites (N-methyl/N-ethyl adjacent to an activating group) is 1. The van der Waals surface area contributed by atoms with Crippen LogP contribution in [0.15, 0.2) is 49.1 Å². The van der Waals surface area contributed by atoms with Gasteiger partial charge >= 0.3 is 0 Å². The van der Waals surface area contributed by atoms with E-state index >= 15 is 0 Å². The zero-order valence-corrected chi connectivity index (χ0v) is 19.2. The van der Waals surface area contributed by atoms with Crippen LogP contribution < -0.4 is 16.0 Å². The summed E-state index contributed by atoms with van der Waals surface area (Å²) in [4.78, 5) is 32.7. The zero-order valence-electron chi connectivity index (χ0n) is 19.2. The average molecular weight is 458 g/mol. The van der Waals surface area contributed by atoms with E-state index in [-0.39, 0.29) is 5.91 Å². The Hall–Kier alpha value is -3.89. The monoisotopic (exact) mass is 457 g/mol. The van der Waals surface area contributed by atoms with Crippen LogP contribution in [0, 0.1) is 0 Å². The van der Waals surface area contributed by atoms with E-state index in [1.807, 2.05) is 32.6 Å². The van der Waals surface area contributed by atoms with Crippen molar-refractivity contribution in [1.29, 1.82) is 0 Å². The molecule has 0 aliphatic carbocycles. The summed E-state index contributed by atoms with van der Waals surface area (Å²) in [6, 6.07) is 7.33. The lowest BCUT2D eigenvalue weighted by atomic mass is 10.1. The number of imidazole rings is 1. The van der Waals surface area contributed by atoms with Gasteiger partial charge in [-0.3, -0.25) is 9.78 Å². The molecule has 0 unspecified atom stereocenters. The van der Waals surface area contributed by atoms with E-state index in [4.69, 9.17) is 0 Å². The maximum atomic E-state index is 12.9. The summed E-state index contributed by atoms with van der Waals surface area (Å²) in [5.74, 6) is 1.91. The Balaban J connectivity index is 1.34. The lowest BCUT2D eigenvalue weighted by Gasteiger charge is -2.17. The van der Waals surface area contributed by atoms with Crippen molar-refractivity contribution in [3.05, 3.63) is 60.4 Å². The molecule has 0 bridgehead atoms. The topological polar surface area (TPSA) is 113 Å². The van der Waals surface area contributed by atoms with Crippen molar-refractivity contribution in [3.63, 3.8) is 0 Å². The van der Waals surface area contributed by atoms with Crippen molar-refractivity contribution in [3.8, 4) is 11.3 Å². The van der Waals surface area contributed by atoms with Gasteiger partial charge in [-0.15, -0.1) is 0 Å². The van der Waals surface area contributed by atoms with Crippen LogP contribution in [0.3, 0.4) is 0 Å². The highest BCUT2D eigenvalue weighted by atomic mass is 16.1. The molecular weight excluding hydrogens is 430 g/mol. The van der Waals surface area contributed by atoms with Gasteiger partial charge in [0.2, 0.25) is 0 Å². The molecule has 34 heavy (non-hydrogen) atoms. The number of carbonyl (C=O) groups is 1. The Bertz CT molecular complexity index is 1330. The number of hydrogen-bond donors (Lipinski definition) is 3. The number of nitrogens with zero attached hydrogens (tertiary/aromatic N) is 6. The number of anilines is 2. The maximum Gasteiger partial charge on any atom is 0.257 e. The van der Waals surface area contributed by atoms with E-state index in [2.05, 4.69) is 51.4 Å². The molecule has 0 spiro atoms. The third-order valence-corrected chi connectivity index (χ3v) is 5.73. The predicted octanol–water partition coefficient (Wildman–Crippen LogP) is 2.22. The molecule has 0 saturated carbocycles. The molecule has 1 amide bonds. The van der Waals surface area contributed by atoms with E-state index in [1.165, 1.54) is 0 Å². The Labute approximate surface area is 197 Å². The minimum Gasteiger partial charge on any atom is -0.369 e. The van der Waals surface area contributed by atoms with Gasteiger partial charge in [0, 0.05) is 55.1 Å². The fourth-order valence-electron chi connectivity index (χ4n) is 3.93. The third kappa shape index (κ3) is 4.73. The third-order valence-electron chi connectivity index (χ3n) is 5.73. The molecule has 1 aliphatic heterocycles. The van der Waals surface area contributed by atoms with Crippen molar-refractivity contribution in [2.45, 2.75) is 13.1 Å². The van der Waals surface area contributed by atoms with Crippen LogP contribution in [0.5, 0.6) is 0 Å². The van der Waals surface area contributed by atoms with Crippen molar-refractivity contribution < 1.29 is 4.79 Å². The summed E-state index contributed by atoms with van der Waals surface area (Å²) in [6.45, 7) is 4.16. The van der Waals surface area contributed by atoms with Gasteiger partial charge in [0.15, 0.2) is 0 Å². The quantitative estimate of drug-likeness (QED) is 0.387. The van der Waals surface area contributed by atoms with Gasteiger partial charge in [-0.25, -0.2) is 15.0 Å². The first-order chi connectivity index (χ1) is 16.6. The van der Waals surface area contributed by atoms with Gasteiger partial charge in [0.25, 0.3) is 5.91 Å². The van der Waals surface area contributed by atoms with Crippen LogP contribution in [-0.2, 0) is 13.1 Å². The number of nitrogens with one attached hydrogen (secondary N) is 3. The largest absolute Gasteiger partial charge is 0.369 e. The first-order valence-corrected chi connectivity index (χ1v) is 11.2. The summed E-state index contributed by atoms with van der Waals surface area (Å²) in [6.07, 6.45) is 7.03. The summed E-state index contributed by atoms with van der Waals surface area (Å²) in [5, 5.41) is 10.4. The minimum atomic E-state index is -0.244. The molecule has 174 valence electrons. The number of carbonyl (C=O) groups excluding carboxylic acids is 1. The second-order valence-corrected chi connectivity index (χ2v) is 8.49. The molecule has 10 nitrogen and oxygen atoms in total. The number of fused-ring (bicyclic) bond motifs is 2. The number of pyridine rings is 3. The van der Waals surface area contributed by atoms with Crippen molar-refractivity contribution in [2.75, 3.05) is 44.4 Å². The fraction of sp³-hybridized carbons (Fsp3) is 0.292. The standard InChI is InChI=1S/C24H27N9O/c1-32(2)7-6-27-21-10-16(3-4-26-21)24(34)31-22-11-17-9-18(12-28-19(17)13-29-22)20-14-30-23-15-25-5-8-33(20)23/h3-4,9-14,25H,5-8,15H2,1-2H3,(H,26,27)(H,29,31,34). The molecule has 3 N–H and O–H groups in total. The van der Waals surface area contributed by atoms with Gasteiger partial charge in [-0.05, 0) is 38.4 Å². The van der Waals surface area contributed by atoms with Crippen molar-refractivity contribution in [2.24, 2.45) is 0 Å². The number of rotatable bonds is 7. The van der Waals surface area contributed by atoms with Crippen molar-refractivity contribution in [1.82, 2.24) is 34.7 Å². The summed E-state index contributed by atoms with van der Waals surface area (Å²) in [5.41, 5.74) is 3.30. The van der Waals surface area contributed by atoms with Crippen LogP contribution in [0.25, 0.3) is 22.2 Å². The highest BCUT2D eigenvalue weighted by Gasteiger charge is 2.16. The highest BCUT2D eigenvalue weighted by Crippen LogP contribution is 2.25. The van der Waals surface area contributed by atoms with Crippen LogP contribution in [-0.4, -0.2) is 69.0 Å². The number of amides is 1. The fourth-order valence-corrected chi connectivity index (χ4v) is 3.93. The molecular formula is C24H27N9O. The van der Waals surface area contributed by atoms with Gasteiger partial charge in [-0.2, -0.15) is 0 Å². The molecule has 4 aromatic heterocycles. The normalized spacial score (nSPS) is 13.1. The first kappa shape index (κ1) is 21.9. The van der Waals surface area contributed by atoms with E-state index in [0.717, 1.165) is 60.7 Å². The lowest BCUT2D eigenvalue weighted by molar-refractivity contribution is 0.102. The zero-order chi connectivity index (χ0) is 23.5. The molecule has 5 heterocycles. The second-order valence-electron chi connectivity index (χ2n) is 8.49. The van der Waals surface area contributed by atoms with E-state index < -0.39 is 0 Å². The maximum absolute atomic E-state index is 12.9. The predicted molar refractivity (Wildman–Crippen MR) is 132 cm³/mol. The molecule has 0 fully saturated rings. The number of aromatic nitrogens is 5. The molecule has 1 aliphatic rings. The summed E-state index contributed by atoms with van der Waals surface area (Å²) in [7, 11) is 4.02. The molecule has 5 rings (SSSR count). The second kappa shape index (κ2) is 9.54. The number of hydrogen-bond acceptors (Lipinski definition) is 8. The van der Waals surface area contributed by atoms with Crippen LogP contribution >= 0.6 is 0 Å². The molecule has 4 aromatic rings. The van der Waals surface area contributed by atoms with Crippen molar-refractivity contribution >= 4 is 28.4 Å². The Morgan fingerprint density at radius 2 is 2.00 bits per heavy atom. The smallest absolute Gasteiger partial charge is 0.257 e. The average Bonchev–Trinajstić information content (AvgIpc) is 3.28. The Kier molecular flexibility index (Phi) is 6.15. The van der Waals surface area contributed by atoms with Crippen LogP contribution in [0.4, 0.5) is 11.6 Å². The molecule has 10 heteroatoms. The minimum absolute atomic E-state index is 0.244. The summed E-state index contributed by atoms with van der Waals surface area (Å²) < 4.78 is 2.22. The molecule has 0 aromatic carbocycles. The van der Waals surface area contributed by atoms with Gasteiger partial charge < -0.3 is 25.4 Å². The first-order valence-electron chi connectivity index (χ1n) is 11.2. The van der Waals surface area contributed by atoms with E-state index in [9.17, 15) is 4.79 Å². The van der Waals surface area contributed by atoms with Gasteiger partial charge in [-0.1, -0.05) is 0 Å². The molecule has 0 atom stereocenters.